The van der Waals surface area contributed by atoms with E-state index in [1.54, 1.807) is 12.3 Å². The van der Waals surface area contributed by atoms with Gasteiger partial charge in [0.1, 0.15) is 10.9 Å². The Morgan fingerprint density at radius 2 is 1.72 bits per heavy atom. The van der Waals surface area contributed by atoms with Crippen molar-refractivity contribution < 1.29 is 5.11 Å². The van der Waals surface area contributed by atoms with Crippen molar-refractivity contribution in [2.24, 2.45) is 0 Å². The Kier molecular flexibility index (Phi) is 6.91. The molecule has 2 aromatic rings. The molecule has 0 aliphatic heterocycles. The zero-order valence-electron chi connectivity index (χ0n) is 15.8. The van der Waals surface area contributed by atoms with Crippen LogP contribution in [0.15, 0.2) is 30.5 Å². The molecule has 2 N–H and O–H groups in total. The average Bonchev–Trinajstić information content (AvgIpc) is 2.45. The van der Waals surface area contributed by atoms with Crippen LogP contribution in [0.25, 0.3) is 11.1 Å². The molecule has 0 saturated heterocycles. The highest BCUT2D eigenvalue weighted by atomic mass is 35.5. The van der Waals surface area contributed by atoms with Crippen LogP contribution in [0, 0.1) is 0 Å². The van der Waals surface area contributed by atoms with Crippen LogP contribution in [-0.2, 0) is 12.0 Å². The van der Waals surface area contributed by atoms with E-state index < -0.39 is 0 Å². The van der Waals surface area contributed by atoms with E-state index in [2.05, 4.69) is 57.9 Å². The molecule has 5 heteroatoms. The third-order valence-corrected chi connectivity index (χ3v) is 4.13. The van der Waals surface area contributed by atoms with Gasteiger partial charge in [-0.3, -0.25) is 0 Å². The molecule has 0 unspecified atom stereocenters. The molecule has 25 heavy (non-hydrogen) atoms. The maximum Gasteiger partial charge on any atom is 0.129 e. The van der Waals surface area contributed by atoms with Crippen LogP contribution in [0.1, 0.15) is 52.7 Å². The zero-order chi connectivity index (χ0) is 18.1. The molecule has 1 aromatic heterocycles. The standard InChI is InChI=1S/C20H27ClN2O.ClH/c1-19(2,3)15-9-14(12-23-20(4,5)6)18(24)16(10-15)13-7-8-17(21)22-11-13;/h7-11,23-24H,12H2,1-6H3;1H. The maximum atomic E-state index is 10.8. The number of aromatic hydroxyl groups is 1. The van der Waals surface area contributed by atoms with Crippen molar-refractivity contribution in [2.75, 3.05) is 0 Å². The van der Waals surface area contributed by atoms with Crippen molar-refractivity contribution in [3.63, 3.8) is 0 Å². The SMILES string of the molecule is CC(C)(C)NCc1cc(C(C)(C)C)cc(-c2ccc(Cl)nc2)c1O.Cl. The summed E-state index contributed by atoms with van der Waals surface area (Å²) in [7, 11) is 0. The quantitative estimate of drug-likeness (QED) is 0.667. The topological polar surface area (TPSA) is 45.2 Å². The van der Waals surface area contributed by atoms with E-state index in [4.69, 9.17) is 11.6 Å². The predicted molar refractivity (Wildman–Crippen MR) is 109 cm³/mol. The van der Waals surface area contributed by atoms with Crippen molar-refractivity contribution in [1.29, 1.82) is 0 Å². The highest BCUT2D eigenvalue weighted by molar-refractivity contribution is 6.29. The molecule has 0 aliphatic rings. The molecule has 2 rings (SSSR count). The summed E-state index contributed by atoms with van der Waals surface area (Å²) in [6.45, 7) is 13.5. The first-order chi connectivity index (χ1) is 11.0. The van der Waals surface area contributed by atoms with Crippen LogP contribution in [-0.4, -0.2) is 15.6 Å². The van der Waals surface area contributed by atoms with Crippen LogP contribution >= 0.6 is 24.0 Å². The second kappa shape index (κ2) is 7.94. The van der Waals surface area contributed by atoms with Gasteiger partial charge in [0.15, 0.2) is 0 Å². The van der Waals surface area contributed by atoms with Gasteiger partial charge >= 0.3 is 0 Å². The average molecular weight is 383 g/mol. The Bertz CT molecular complexity index is 714. The van der Waals surface area contributed by atoms with Crippen molar-refractivity contribution >= 4 is 24.0 Å². The fourth-order valence-corrected chi connectivity index (χ4v) is 2.49. The summed E-state index contributed by atoms with van der Waals surface area (Å²) in [5.74, 6) is 0.295. The molecular weight excluding hydrogens is 355 g/mol. The first-order valence-electron chi connectivity index (χ1n) is 8.21. The second-order valence-electron chi connectivity index (χ2n) is 8.25. The number of phenols is 1. The highest BCUT2D eigenvalue weighted by Gasteiger charge is 2.20. The Labute approximate surface area is 162 Å². The van der Waals surface area contributed by atoms with Crippen molar-refractivity contribution in [1.82, 2.24) is 10.3 Å². The monoisotopic (exact) mass is 382 g/mol. The van der Waals surface area contributed by atoms with Crippen LogP contribution < -0.4 is 5.32 Å². The minimum Gasteiger partial charge on any atom is -0.507 e. The summed E-state index contributed by atoms with van der Waals surface area (Å²) >= 11 is 5.89. The molecule has 1 aromatic carbocycles. The molecule has 3 nitrogen and oxygen atoms in total. The number of halogens is 2. The van der Waals surface area contributed by atoms with Gasteiger partial charge in [-0.15, -0.1) is 12.4 Å². The Morgan fingerprint density at radius 1 is 1.08 bits per heavy atom. The molecule has 0 atom stereocenters. The van der Waals surface area contributed by atoms with Crippen molar-refractivity contribution in [3.8, 4) is 16.9 Å². The summed E-state index contributed by atoms with van der Waals surface area (Å²) in [6, 6.07) is 7.76. The molecule has 0 amide bonds. The van der Waals surface area contributed by atoms with Crippen LogP contribution in [0.2, 0.25) is 5.15 Å². The van der Waals surface area contributed by atoms with Gasteiger partial charge in [0.2, 0.25) is 0 Å². The lowest BCUT2D eigenvalue weighted by Gasteiger charge is -2.25. The Balaban J connectivity index is 0.00000312. The van der Waals surface area contributed by atoms with E-state index in [-0.39, 0.29) is 23.4 Å². The summed E-state index contributed by atoms with van der Waals surface area (Å²) < 4.78 is 0. The lowest BCUT2D eigenvalue weighted by atomic mass is 9.83. The van der Waals surface area contributed by atoms with Gasteiger partial charge in [0.25, 0.3) is 0 Å². The summed E-state index contributed by atoms with van der Waals surface area (Å²) in [5.41, 5.74) is 3.68. The van der Waals surface area contributed by atoms with Crippen molar-refractivity contribution in [2.45, 2.75) is 59.0 Å². The number of benzene rings is 1. The van der Waals surface area contributed by atoms with E-state index >= 15 is 0 Å². The van der Waals surface area contributed by atoms with Gasteiger partial charge in [-0.05, 0) is 49.9 Å². The summed E-state index contributed by atoms with van der Waals surface area (Å²) in [4.78, 5) is 4.14. The lowest BCUT2D eigenvalue weighted by molar-refractivity contribution is 0.411. The number of hydrogen-bond donors (Lipinski definition) is 2. The molecule has 0 radical (unpaired) electrons. The molecule has 0 spiro atoms. The van der Waals surface area contributed by atoms with E-state index in [0.717, 1.165) is 16.7 Å². The summed E-state index contributed by atoms with van der Waals surface area (Å²) in [5, 5.41) is 14.7. The fraction of sp³-hybridized carbons (Fsp3) is 0.450. The van der Waals surface area contributed by atoms with Gasteiger partial charge in [-0.1, -0.05) is 38.4 Å². The van der Waals surface area contributed by atoms with E-state index in [9.17, 15) is 5.11 Å². The molecule has 0 aliphatic carbocycles. The zero-order valence-corrected chi connectivity index (χ0v) is 17.3. The Morgan fingerprint density at radius 3 is 2.20 bits per heavy atom. The van der Waals surface area contributed by atoms with Gasteiger partial charge in [0.05, 0.1) is 0 Å². The molecule has 0 bridgehead atoms. The third-order valence-electron chi connectivity index (χ3n) is 3.90. The largest absolute Gasteiger partial charge is 0.507 e. The van der Waals surface area contributed by atoms with Gasteiger partial charge < -0.3 is 10.4 Å². The van der Waals surface area contributed by atoms with E-state index in [0.29, 0.717) is 17.4 Å². The number of nitrogens with one attached hydrogen (secondary N) is 1. The van der Waals surface area contributed by atoms with E-state index in [1.807, 2.05) is 12.1 Å². The van der Waals surface area contributed by atoms with Crippen LogP contribution in [0.3, 0.4) is 0 Å². The second-order valence-corrected chi connectivity index (χ2v) is 8.64. The van der Waals surface area contributed by atoms with Gasteiger partial charge in [0, 0.05) is 35.0 Å². The number of pyridine rings is 1. The highest BCUT2D eigenvalue weighted by Crippen LogP contribution is 2.37. The molecule has 1 heterocycles. The first-order valence-corrected chi connectivity index (χ1v) is 8.58. The first kappa shape index (κ1) is 21.8. The van der Waals surface area contributed by atoms with Gasteiger partial charge in [-0.2, -0.15) is 0 Å². The number of aromatic nitrogens is 1. The Hall–Kier alpha value is -1.29. The van der Waals surface area contributed by atoms with Crippen LogP contribution in [0.4, 0.5) is 0 Å². The number of nitrogens with zero attached hydrogens (tertiary/aromatic N) is 1. The number of phenolic OH excluding ortho intramolecular Hbond substituents is 1. The maximum absolute atomic E-state index is 10.8. The molecular formula is C20H28Cl2N2O. The minimum absolute atomic E-state index is 0. The van der Waals surface area contributed by atoms with E-state index in [1.165, 1.54) is 5.56 Å². The molecule has 0 fully saturated rings. The molecule has 0 saturated carbocycles. The number of rotatable bonds is 3. The third kappa shape index (κ3) is 5.88. The number of hydrogen-bond acceptors (Lipinski definition) is 3. The predicted octanol–water partition coefficient (Wildman–Crippen LogP) is 5.72. The normalized spacial score (nSPS) is 12.0. The van der Waals surface area contributed by atoms with Gasteiger partial charge in [-0.25, -0.2) is 4.98 Å². The van der Waals surface area contributed by atoms with Crippen LogP contribution in [0.5, 0.6) is 5.75 Å². The fourth-order valence-electron chi connectivity index (χ4n) is 2.38. The molecule has 138 valence electrons. The smallest absolute Gasteiger partial charge is 0.129 e. The lowest BCUT2D eigenvalue weighted by Crippen LogP contribution is -2.35. The minimum atomic E-state index is -0.0217. The summed E-state index contributed by atoms with van der Waals surface area (Å²) in [6.07, 6.45) is 1.70. The van der Waals surface area contributed by atoms with Crippen molar-refractivity contribution in [3.05, 3.63) is 46.7 Å².